The van der Waals surface area contributed by atoms with Gasteiger partial charge >= 0.3 is 0 Å². The summed E-state index contributed by atoms with van der Waals surface area (Å²) in [7, 11) is 1.47. The molecular weight excluding hydrogens is 380 g/mol. The molecule has 0 fully saturated rings. The van der Waals surface area contributed by atoms with Gasteiger partial charge < -0.3 is 14.6 Å². The number of amides is 1. The number of carbonyl (C=O) groups excluding carboxylic acids is 1. The standard InChI is InChI=1S/C24H32N2O4/c1-23(2,3)16-24(4,5)18-8-10-19(11-9-18)30-15-22(28)26-25-14-17-7-12-20(27)21(13-17)29-6/h7-14,27H,15-16H2,1-6H3,(H,26,28)/b25-14+. The number of hydrazone groups is 1. The van der Waals surface area contributed by atoms with E-state index in [4.69, 9.17) is 9.47 Å². The van der Waals surface area contributed by atoms with Crippen LogP contribution in [0.25, 0.3) is 0 Å². The highest BCUT2D eigenvalue weighted by Gasteiger charge is 2.27. The van der Waals surface area contributed by atoms with Gasteiger partial charge in [-0.1, -0.05) is 46.8 Å². The van der Waals surface area contributed by atoms with Gasteiger partial charge in [0, 0.05) is 0 Å². The normalized spacial score (nSPS) is 12.1. The Bertz CT molecular complexity index is 881. The third kappa shape index (κ3) is 7.10. The molecule has 0 saturated carbocycles. The summed E-state index contributed by atoms with van der Waals surface area (Å²) in [6, 6.07) is 12.6. The Balaban J connectivity index is 1.86. The number of benzene rings is 2. The van der Waals surface area contributed by atoms with Crippen LogP contribution in [0.3, 0.4) is 0 Å². The van der Waals surface area contributed by atoms with Crippen LogP contribution in [0.5, 0.6) is 17.2 Å². The molecule has 2 rings (SSSR count). The van der Waals surface area contributed by atoms with Gasteiger partial charge in [-0.3, -0.25) is 4.79 Å². The molecule has 0 unspecified atom stereocenters. The smallest absolute Gasteiger partial charge is 0.277 e. The lowest BCUT2D eigenvalue weighted by molar-refractivity contribution is -0.123. The largest absolute Gasteiger partial charge is 0.504 e. The molecule has 0 aliphatic rings. The number of carbonyl (C=O) groups is 1. The van der Waals surface area contributed by atoms with Crippen LogP contribution in [-0.2, 0) is 10.2 Å². The van der Waals surface area contributed by atoms with E-state index in [0.717, 1.165) is 6.42 Å². The number of nitrogens with zero attached hydrogens (tertiary/aromatic N) is 1. The molecule has 0 heterocycles. The van der Waals surface area contributed by atoms with Crippen molar-refractivity contribution in [2.24, 2.45) is 10.5 Å². The Labute approximate surface area is 178 Å². The lowest BCUT2D eigenvalue weighted by Gasteiger charge is -2.33. The number of aromatic hydroxyl groups is 1. The van der Waals surface area contributed by atoms with E-state index in [1.165, 1.54) is 25.0 Å². The van der Waals surface area contributed by atoms with Gasteiger partial charge in [0.1, 0.15) is 5.75 Å². The van der Waals surface area contributed by atoms with Gasteiger partial charge in [-0.25, -0.2) is 5.43 Å². The molecule has 162 valence electrons. The average Bonchev–Trinajstić information content (AvgIpc) is 2.66. The van der Waals surface area contributed by atoms with E-state index >= 15 is 0 Å². The fourth-order valence-corrected chi connectivity index (χ4v) is 3.56. The van der Waals surface area contributed by atoms with E-state index in [0.29, 0.717) is 17.1 Å². The molecule has 2 N–H and O–H groups in total. The molecule has 2 aromatic carbocycles. The van der Waals surface area contributed by atoms with Crippen molar-refractivity contribution in [2.45, 2.75) is 46.5 Å². The second-order valence-electron chi connectivity index (χ2n) is 9.16. The Morgan fingerprint density at radius 1 is 1.10 bits per heavy atom. The minimum Gasteiger partial charge on any atom is -0.504 e. The van der Waals surface area contributed by atoms with Gasteiger partial charge in [0.25, 0.3) is 5.91 Å². The van der Waals surface area contributed by atoms with Crippen LogP contribution in [-0.4, -0.2) is 30.9 Å². The van der Waals surface area contributed by atoms with Crippen LogP contribution < -0.4 is 14.9 Å². The van der Waals surface area contributed by atoms with E-state index in [9.17, 15) is 9.90 Å². The van der Waals surface area contributed by atoms with Crippen molar-refractivity contribution in [3.05, 3.63) is 53.6 Å². The molecule has 6 nitrogen and oxygen atoms in total. The fourth-order valence-electron chi connectivity index (χ4n) is 3.56. The summed E-state index contributed by atoms with van der Waals surface area (Å²) in [5.74, 6) is 0.643. The van der Waals surface area contributed by atoms with Crippen LogP contribution in [0.1, 0.15) is 52.2 Å². The van der Waals surface area contributed by atoms with Crippen molar-refractivity contribution in [3.63, 3.8) is 0 Å². The summed E-state index contributed by atoms with van der Waals surface area (Å²) in [6.45, 7) is 11.1. The van der Waals surface area contributed by atoms with E-state index in [1.54, 1.807) is 12.1 Å². The summed E-state index contributed by atoms with van der Waals surface area (Å²) in [6.07, 6.45) is 2.53. The highest BCUT2D eigenvalue weighted by Crippen LogP contribution is 2.36. The number of nitrogens with one attached hydrogen (secondary N) is 1. The first-order valence-electron chi connectivity index (χ1n) is 9.92. The number of rotatable bonds is 8. The van der Waals surface area contributed by atoms with Crippen molar-refractivity contribution < 1.29 is 19.4 Å². The second-order valence-corrected chi connectivity index (χ2v) is 9.16. The van der Waals surface area contributed by atoms with Gasteiger partial charge in [0.15, 0.2) is 18.1 Å². The Hall–Kier alpha value is -3.02. The van der Waals surface area contributed by atoms with Gasteiger partial charge in [-0.2, -0.15) is 5.10 Å². The Kier molecular flexibility index (Phi) is 7.48. The molecule has 30 heavy (non-hydrogen) atoms. The molecule has 6 heteroatoms. The summed E-state index contributed by atoms with van der Waals surface area (Å²) in [5.41, 5.74) is 4.63. The quantitative estimate of drug-likeness (QED) is 0.489. The molecule has 1 amide bonds. The summed E-state index contributed by atoms with van der Waals surface area (Å²) in [4.78, 5) is 12.0. The van der Waals surface area contributed by atoms with Crippen molar-refractivity contribution in [3.8, 4) is 17.2 Å². The monoisotopic (exact) mass is 412 g/mol. The zero-order valence-corrected chi connectivity index (χ0v) is 18.7. The first-order valence-corrected chi connectivity index (χ1v) is 9.92. The minimum atomic E-state index is -0.367. The van der Waals surface area contributed by atoms with Gasteiger partial charge in [-0.05, 0) is 58.7 Å². The van der Waals surface area contributed by atoms with Gasteiger partial charge in [-0.15, -0.1) is 0 Å². The van der Waals surface area contributed by atoms with E-state index in [-0.39, 0.29) is 29.1 Å². The van der Waals surface area contributed by atoms with E-state index < -0.39 is 0 Å². The van der Waals surface area contributed by atoms with Crippen molar-refractivity contribution in [1.29, 1.82) is 0 Å². The predicted octanol–water partition coefficient (Wildman–Crippen LogP) is 4.64. The number of methoxy groups -OCH3 is 1. The fraction of sp³-hybridized carbons (Fsp3) is 0.417. The molecule has 0 radical (unpaired) electrons. The third-order valence-electron chi connectivity index (χ3n) is 4.58. The zero-order valence-electron chi connectivity index (χ0n) is 18.7. The van der Waals surface area contributed by atoms with Crippen molar-refractivity contribution >= 4 is 12.1 Å². The number of phenols is 1. The number of phenolic OH excluding ortho intramolecular Hbond substituents is 1. The summed E-state index contributed by atoms with van der Waals surface area (Å²) in [5, 5.41) is 13.5. The zero-order chi connectivity index (χ0) is 22.4. The number of hydrogen-bond donors (Lipinski definition) is 2. The molecule has 0 aliphatic heterocycles. The maximum atomic E-state index is 12.0. The van der Waals surface area contributed by atoms with Crippen molar-refractivity contribution in [2.75, 3.05) is 13.7 Å². The molecule has 0 saturated heterocycles. The van der Waals surface area contributed by atoms with E-state index in [1.807, 2.05) is 12.1 Å². The maximum absolute atomic E-state index is 12.0. The second kappa shape index (κ2) is 9.65. The van der Waals surface area contributed by atoms with Crippen LogP contribution in [0.15, 0.2) is 47.6 Å². The molecule has 0 bridgehead atoms. The third-order valence-corrected chi connectivity index (χ3v) is 4.58. The maximum Gasteiger partial charge on any atom is 0.277 e. The highest BCUT2D eigenvalue weighted by atomic mass is 16.5. The number of ether oxygens (including phenoxy) is 2. The molecule has 0 atom stereocenters. The molecule has 0 aliphatic carbocycles. The first kappa shape index (κ1) is 23.3. The Morgan fingerprint density at radius 3 is 2.37 bits per heavy atom. The lowest BCUT2D eigenvalue weighted by Crippen LogP contribution is -2.25. The molecule has 0 aromatic heterocycles. The summed E-state index contributed by atoms with van der Waals surface area (Å²) >= 11 is 0. The van der Waals surface area contributed by atoms with Crippen LogP contribution in [0, 0.1) is 5.41 Å². The predicted molar refractivity (Wildman–Crippen MR) is 119 cm³/mol. The molecule has 0 spiro atoms. The highest BCUT2D eigenvalue weighted by molar-refractivity contribution is 5.83. The first-order chi connectivity index (χ1) is 14.0. The Morgan fingerprint density at radius 2 is 1.77 bits per heavy atom. The SMILES string of the molecule is COc1cc(/C=N/NC(=O)COc2ccc(C(C)(C)CC(C)(C)C)cc2)ccc1O. The van der Waals surface area contributed by atoms with Crippen LogP contribution in [0.4, 0.5) is 0 Å². The average molecular weight is 413 g/mol. The topological polar surface area (TPSA) is 80.2 Å². The minimum absolute atomic E-state index is 0.0416. The van der Waals surface area contributed by atoms with Crippen LogP contribution in [0.2, 0.25) is 0 Å². The van der Waals surface area contributed by atoms with Gasteiger partial charge in [0.05, 0.1) is 13.3 Å². The summed E-state index contributed by atoms with van der Waals surface area (Å²) < 4.78 is 10.6. The van der Waals surface area contributed by atoms with Gasteiger partial charge in [0.2, 0.25) is 0 Å². The van der Waals surface area contributed by atoms with Crippen LogP contribution >= 0.6 is 0 Å². The van der Waals surface area contributed by atoms with Crippen molar-refractivity contribution in [1.82, 2.24) is 5.43 Å². The molecule has 2 aromatic rings. The number of hydrogen-bond acceptors (Lipinski definition) is 5. The lowest BCUT2D eigenvalue weighted by atomic mass is 9.72. The van der Waals surface area contributed by atoms with E-state index in [2.05, 4.69) is 57.3 Å². The molecular formula is C24H32N2O4.